The van der Waals surface area contributed by atoms with Crippen LogP contribution in [0.15, 0.2) is 29.3 Å². The van der Waals surface area contributed by atoms with Gasteiger partial charge in [-0.1, -0.05) is 25.1 Å². The number of amidine groups is 1. The molecular formula is C25H38N6OS. The average Bonchev–Trinajstić information content (AvgIpc) is 2.84. The summed E-state index contributed by atoms with van der Waals surface area (Å²) in [4.78, 5) is 25.7. The smallest absolute Gasteiger partial charge is 0.323 e. The van der Waals surface area contributed by atoms with E-state index in [2.05, 4.69) is 39.1 Å². The number of nitrogens with zero attached hydrogens (tertiary/aromatic N) is 5. The first kappa shape index (κ1) is 24.0. The summed E-state index contributed by atoms with van der Waals surface area (Å²) in [6, 6.07) is 9.24. The fraction of sp³-hybridized carbons (Fsp3) is 0.640. The van der Waals surface area contributed by atoms with Crippen LogP contribution in [0.1, 0.15) is 51.0 Å². The maximum absolute atomic E-state index is 12.8. The van der Waals surface area contributed by atoms with E-state index in [1.54, 1.807) is 4.90 Å². The lowest BCUT2D eigenvalue weighted by atomic mass is 9.67. The van der Waals surface area contributed by atoms with Crippen LogP contribution in [0.5, 0.6) is 0 Å². The third kappa shape index (κ3) is 4.87. The number of aliphatic imine (C=N–C) groups is 1. The first-order chi connectivity index (χ1) is 15.8. The Hall–Kier alpha value is -2.19. The van der Waals surface area contributed by atoms with E-state index in [-0.39, 0.29) is 11.4 Å². The predicted octanol–water partition coefficient (Wildman–Crippen LogP) is 3.43. The molecule has 2 N–H and O–H groups in total. The van der Waals surface area contributed by atoms with E-state index in [9.17, 15) is 4.79 Å². The average molecular weight is 471 g/mol. The number of nitrogens with two attached hydrogens (primary N) is 1. The monoisotopic (exact) mass is 470 g/mol. The van der Waals surface area contributed by atoms with Gasteiger partial charge in [-0.05, 0) is 69.0 Å². The van der Waals surface area contributed by atoms with Crippen molar-refractivity contribution in [2.75, 3.05) is 51.7 Å². The van der Waals surface area contributed by atoms with E-state index in [1.165, 1.54) is 5.56 Å². The largest absolute Gasteiger partial charge is 0.387 e. The second-order valence-electron chi connectivity index (χ2n) is 9.87. The molecule has 0 saturated carbocycles. The minimum Gasteiger partial charge on any atom is -0.387 e. The van der Waals surface area contributed by atoms with Gasteiger partial charge in [0.15, 0.2) is 5.11 Å². The highest BCUT2D eigenvalue weighted by atomic mass is 32.1. The molecular weight excluding hydrogens is 432 g/mol. The van der Waals surface area contributed by atoms with Crippen molar-refractivity contribution >= 4 is 34.9 Å². The molecule has 3 aliphatic rings. The number of para-hydroxylation sites is 1. The molecule has 0 atom stereocenters. The molecule has 180 valence electrons. The number of amides is 2. The van der Waals surface area contributed by atoms with E-state index < -0.39 is 0 Å². The molecule has 0 aromatic heterocycles. The van der Waals surface area contributed by atoms with Crippen LogP contribution < -0.4 is 10.6 Å². The van der Waals surface area contributed by atoms with Gasteiger partial charge >= 0.3 is 6.03 Å². The Morgan fingerprint density at radius 1 is 1.12 bits per heavy atom. The number of fused-ring (bicyclic) bond motifs is 2. The van der Waals surface area contributed by atoms with E-state index in [0.717, 1.165) is 76.9 Å². The molecule has 1 aromatic carbocycles. The molecule has 0 unspecified atom stereocenters. The summed E-state index contributed by atoms with van der Waals surface area (Å²) < 4.78 is 0. The number of likely N-dealkylation sites (tertiary alicyclic amines) is 2. The molecule has 2 fully saturated rings. The maximum Gasteiger partial charge on any atom is 0.323 e. The number of rotatable bonds is 2. The number of anilines is 1. The molecule has 8 heteroatoms. The van der Waals surface area contributed by atoms with Crippen LogP contribution in [0.2, 0.25) is 0 Å². The minimum absolute atomic E-state index is 0.0736. The molecule has 7 nitrogen and oxygen atoms in total. The topological polar surface area (TPSA) is 68.4 Å². The van der Waals surface area contributed by atoms with E-state index in [4.69, 9.17) is 18.0 Å². The van der Waals surface area contributed by atoms with Gasteiger partial charge in [0, 0.05) is 57.3 Å². The Bertz CT molecular complexity index is 900. The van der Waals surface area contributed by atoms with Crippen LogP contribution in [-0.2, 0) is 5.41 Å². The van der Waals surface area contributed by atoms with Gasteiger partial charge in [-0.2, -0.15) is 0 Å². The first-order valence-corrected chi connectivity index (χ1v) is 12.7. The first-order valence-electron chi connectivity index (χ1n) is 12.3. The quantitative estimate of drug-likeness (QED) is 0.407. The van der Waals surface area contributed by atoms with Crippen LogP contribution in [-0.4, -0.2) is 84.5 Å². The van der Waals surface area contributed by atoms with Crippen LogP contribution in [0.4, 0.5) is 10.5 Å². The molecule has 1 spiro atoms. The van der Waals surface area contributed by atoms with Crippen LogP contribution in [0, 0.1) is 0 Å². The van der Waals surface area contributed by atoms with Gasteiger partial charge in [-0.25, -0.2) is 9.79 Å². The Labute approximate surface area is 203 Å². The predicted molar refractivity (Wildman–Crippen MR) is 139 cm³/mol. The van der Waals surface area contributed by atoms with Gasteiger partial charge in [0.25, 0.3) is 0 Å². The second kappa shape index (κ2) is 9.97. The summed E-state index contributed by atoms with van der Waals surface area (Å²) >= 11 is 5.49. The van der Waals surface area contributed by atoms with E-state index >= 15 is 0 Å². The SMILES string of the molecule is CCC(N)=NC(=S)N1CCC(N2CCC3(CCN(C(=O)N(C)C)c4ccccc43)CC2)CC1. The highest BCUT2D eigenvalue weighted by molar-refractivity contribution is 7.80. The zero-order valence-electron chi connectivity index (χ0n) is 20.3. The standard InChI is InChI=1S/C25H38N6OS/c1-4-22(26)27-23(33)30-14-9-19(10-15-30)29-16-11-25(12-17-29)13-18-31(24(32)28(2)3)21-8-6-5-7-20(21)25/h5-8,19H,4,9-18H2,1-3H3,(H2,26,27,33). The van der Waals surface area contributed by atoms with Crippen molar-refractivity contribution in [2.45, 2.75) is 56.9 Å². The number of hydrogen-bond acceptors (Lipinski definition) is 3. The summed E-state index contributed by atoms with van der Waals surface area (Å²) in [7, 11) is 3.66. The Kier molecular flexibility index (Phi) is 7.24. The molecule has 0 radical (unpaired) electrons. The molecule has 4 rings (SSSR count). The fourth-order valence-electron chi connectivity index (χ4n) is 5.71. The number of carbonyl (C=O) groups excluding carboxylic acids is 1. The van der Waals surface area contributed by atoms with Gasteiger partial charge in [0.2, 0.25) is 0 Å². The normalized spacial score (nSPS) is 21.7. The second-order valence-corrected chi connectivity index (χ2v) is 10.2. The number of benzene rings is 1. The van der Waals surface area contributed by atoms with Crippen molar-refractivity contribution in [2.24, 2.45) is 10.7 Å². The summed E-state index contributed by atoms with van der Waals surface area (Å²) in [6.07, 6.45) is 6.33. The zero-order chi connectivity index (χ0) is 23.6. The summed E-state index contributed by atoms with van der Waals surface area (Å²) in [5.74, 6) is 0.613. The molecule has 0 bridgehead atoms. The lowest BCUT2D eigenvalue weighted by Gasteiger charge is -2.50. The molecule has 1 aromatic rings. The van der Waals surface area contributed by atoms with Crippen molar-refractivity contribution < 1.29 is 4.79 Å². The van der Waals surface area contributed by atoms with E-state index in [1.807, 2.05) is 25.9 Å². The molecule has 0 aliphatic carbocycles. The minimum atomic E-state index is 0.0736. The summed E-state index contributed by atoms with van der Waals surface area (Å²) in [6.45, 7) is 6.94. The van der Waals surface area contributed by atoms with Crippen LogP contribution in [0.3, 0.4) is 0 Å². The Morgan fingerprint density at radius 2 is 1.76 bits per heavy atom. The van der Waals surface area contributed by atoms with Crippen LogP contribution in [0.25, 0.3) is 0 Å². The third-order valence-corrected chi connectivity index (χ3v) is 8.15. The number of hydrogen-bond donors (Lipinski definition) is 1. The van der Waals surface area contributed by atoms with Gasteiger partial charge in [-0.15, -0.1) is 0 Å². The van der Waals surface area contributed by atoms with Crippen molar-refractivity contribution in [3.05, 3.63) is 29.8 Å². The van der Waals surface area contributed by atoms with Crippen molar-refractivity contribution in [3.8, 4) is 0 Å². The fourth-order valence-corrected chi connectivity index (χ4v) is 6.01. The molecule has 33 heavy (non-hydrogen) atoms. The highest BCUT2D eigenvalue weighted by Gasteiger charge is 2.43. The Morgan fingerprint density at radius 3 is 2.39 bits per heavy atom. The number of urea groups is 1. The van der Waals surface area contributed by atoms with E-state index in [0.29, 0.717) is 17.0 Å². The van der Waals surface area contributed by atoms with Gasteiger partial charge in [0.05, 0.1) is 0 Å². The lowest BCUT2D eigenvalue weighted by Crippen LogP contribution is -2.54. The zero-order valence-corrected chi connectivity index (χ0v) is 21.1. The van der Waals surface area contributed by atoms with Gasteiger partial charge in [-0.3, -0.25) is 4.90 Å². The number of thiocarbonyl (C=S) groups is 1. The molecule has 3 heterocycles. The summed E-state index contributed by atoms with van der Waals surface area (Å²) in [5.41, 5.74) is 8.52. The van der Waals surface area contributed by atoms with Crippen molar-refractivity contribution in [1.29, 1.82) is 0 Å². The third-order valence-electron chi connectivity index (χ3n) is 7.80. The van der Waals surface area contributed by atoms with Gasteiger partial charge in [0.1, 0.15) is 5.84 Å². The molecule has 2 saturated heterocycles. The molecule has 2 amide bonds. The number of piperidine rings is 2. The highest BCUT2D eigenvalue weighted by Crippen LogP contribution is 2.47. The Balaban J connectivity index is 1.38. The van der Waals surface area contributed by atoms with Crippen molar-refractivity contribution in [1.82, 2.24) is 14.7 Å². The lowest BCUT2D eigenvalue weighted by molar-refractivity contribution is 0.0791. The van der Waals surface area contributed by atoms with Crippen molar-refractivity contribution in [3.63, 3.8) is 0 Å². The number of carbonyl (C=O) groups is 1. The maximum atomic E-state index is 12.8. The van der Waals surface area contributed by atoms with Gasteiger partial charge < -0.3 is 20.4 Å². The molecule has 3 aliphatic heterocycles. The van der Waals surface area contributed by atoms with Crippen LogP contribution >= 0.6 is 12.2 Å². The summed E-state index contributed by atoms with van der Waals surface area (Å²) in [5, 5.41) is 0.640.